The molecule has 0 spiro atoms. The second-order valence-corrected chi connectivity index (χ2v) is 4.25. The Morgan fingerprint density at radius 3 is 2.11 bits per heavy atom. The van der Waals surface area contributed by atoms with E-state index >= 15 is 0 Å². The van der Waals surface area contributed by atoms with Gasteiger partial charge in [0.2, 0.25) is 0 Å². The van der Waals surface area contributed by atoms with Gasteiger partial charge in [-0.15, -0.1) is 0 Å². The van der Waals surface area contributed by atoms with Gasteiger partial charge < -0.3 is 16.3 Å². The molecular weight excluding hydrogens is 298 g/mol. The van der Waals surface area contributed by atoms with E-state index in [9.17, 15) is 10.1 Å². The molecule has 6 heteroatoms. The molecule has 19 heavy (non-hydrogen) atoms. The molecule has 0 saturated heterocycles. The second kappa shape index (κ2) is 12.4. The van der Waals surface area contributed by atoms with Gasteiger partial charge in [-0.3, -0.25) is 16.2 Å². The largest absolute Gasteiger partial charge is 1.00 e. The summed E-state index contributed by atoms with van der Waals surface area (Å²) in [5.74, 6) is 0. The number of aliphatic hydroxyl groups is 2. The van der Waals surface area contributed by atoms with E-state index in [0.29, 0.717) is 0 Å². The van der Waals surface area contributed by atoms with E-state index < -0.39 is 23.2 Å². The number of allylic oxidation sites excluding steroid dienone is 4. The minimum absolute atomic E-state index is 0. The quantitative estimate of drug-likeness (QED) is 0.273. The van der Waals surface area contributed by atoms with Gasteiger partial charge in [0.05, 0.1) is 0 Å². The third-order valence-electron chi connectivity index (χ3n) is 2.48. The molecule has 114 valence electrons. The van der Waals surface area contributed by atoms with Crippen LogP contribution < -0.4 is 0 Å². The number of hydrogen-bond acceptors (Lipinski definition) is 4. The standard InChI is InChI=1S/C8H11.C5H11NO4.Cu/c1-2-4-6-8-7-5-3-1;1-3(7)5(4(2)8)6(9)10;/h1-2,7H,3-6H2;3-5,7-8H,1-2H3;/q-1;;+1/b2-1-;;. The van der Waals surface area contributed by atoms with Crippen LogP contribution in [0.4, 0.5) is 0 Å². The van der Waals surface area contributed by atoms with Gasteiger partial charge in [0, 0.05) is 4.92 Å². The SMILES string of the molecule is CC(O)C(C(C)O)[N+](=O)[O-].[C-]1=CCC/C=C\CC1.[Cu+]. The Bertz CT molecular complexity index is 256. The van der Waals surface area contributed by atoms with Crippen molar-refractivity contribution in [1.82, 2.24) is 0 Å². The van der Waals surface area contributed by atoms with E-state index in [-0.39, 0.29) is 17.1 Å². The summed E-state index contributed by atoms with van der Waals surface area (Å²) in [6.45, 7) is 2.56. The maximum Gasteiger partial charge on any atom is 1.00 e. The monoisotopic (exact) mass is 319 g/mol. The van der Waals surface area contributed by atoms with Crippen LogP contribution in [0, 0.1) is 16.2 Å². The van der Waals surface area contributed by atoms with Gasteiger partial charge >= 0.3 is 17.1 Å². The van der Waals surface area contributed by atoms with Crippen molar-refractivity contribution >= 4 is 0 Å². The first kappa shape index (κ1) is 20.6. The first-order chi connectivity index (χ1) is 8.46. The molecular formula is C13H22CuNO4. The van der Waals surface area contributed by atoms with Gasteiger partial charge in [-0.25, -0.2) is 0 Å². The fourth-order valence-electron chi connectivity index (χ4n) is 1.54. The third kappa shape index (κ3) is 10.9. The van der Waals surface area contributed by atoms with Crippen molar-refractivity contribution in [1.29, 1.82) is 0 Å². The van der Waals surface area contributed by atoms with Crippen molar-refractivity contribution in [3.8, 4) is 0 Å². The smallest absolute Gasteiger partial charge is 0.500 e. The van der Waals surface area contributed by atoms with Gasteiger partial charge in [0.25, 0.3) is 6.04 Å². The summed E-state index contributed by atoms with van der Waals surface area (Å²) in [7, 11) is 0. The fourth-order valence-corrected chi connectivity index (χ4v) is 1.54. The van der Waals surface area contributed by atoms with E-state index in [1.165, 1.54) is 33.1 Å². The Balaban J connectivity index is 0. The molecule has 0 aromatic heterocycles. The molecule has 2 N–H and O–H groups in total. The summed E-state index contributed by atoms with van der Waals surface area (Å²) in [5.41, 5.74) is 0. The number of nitro groups is 1. The Kier molecular flexibility index (Phi) is 13.4. The molecule has 0 aromatic rings. The normalized spacial score (nSPS) is 20.4. The molecule has 5 nitrogen and oxygen atoms in total. The van der Waals surface area contributed by atoms with Gasteiger partial charge in [0.15, 0.2) is 0 Å². The zero-order valence-electron chi connectivity index (χ0n) is 11.3. The summed E-state index contributed by atoms with van der Waals surface area (Å²) >= 11 is 0. The molecule has 1 aliphatic carbocycles. The topological polar surface area (TPSA) is 83.6 Å². The molecule has 0 aliphatic heterocycles. The minimum atomic E-state index is -1.28. The number of aliphatic hydroxyl groups excluding tert-OH is 2. The van der Waals surface area contributed by atoms with Crippen LogP contribution in [0.15, 0.2) is 18.2 Å². The minimum Gasteiger partial charge on any atom is -0.500 e. The summed E-state index contributed by atoms with van der Waals surface area (Å²) in [4.78, 5) is 9.38. The van der Waals surface area contributed by atoms with Crippen molar-refractivity contribution in [3.05, 3.63) is 34.4 Å². The maximum absolute atomic E-state index is 10.1. The molecule has 2 atom stereocenters. The van der Waals surface area contributed by atoms with E-state index in [1.807, 2.05) is 0 Å². The van der Waals surface area contributed by atoms with Gasteiger partial charge in [-0.2, -0.15) is 6.42 Å². The molecule has 0 fully saturated rings. The van der Waals surface area contributed by atoms with Crippen LogP contribution in [0.3, 0.4) is 0 Å². The van der Waals surface area contributed by atoms with Crippen molar-refractivity contribution < 1.29 is 32.2 Å². The Morgan fingerprint density at radius 2 is 1.68 bits per heavy atom. The predicted octanol–water partition coefficient (Wildman–Crippen LogP) is 1.87. The predicted molar refractivity (Wildman–Crippen MR) is 69.6 cm³/mol. The molecule has 0 aromatic carbocycles. The molecule has 0 bridgehead atoms. The Labute approximate surface area is 125 Å². The van der Waals surface area contributed by atoms with E-state index in [2.05, 4.69) is 24.3 Å². The average Bonchev–Trinajstić information content (AvgIpc) is 2.13. The van der Waals surface area contributed by atoms with Crippen LogP contribution in [0.2, 0.25) is 0 Å². The first-order valence-corrected chi connectivity index (χ1v) is 6.16. The van der Waals surface area contributed by atoms with Crippen LogP contribution in [0.25, 0.3) is 0 Å². The molecule has 1 rings (SSSR count). The summed E-state index contributed by atoms with van der Waals surface area (Å²) in [6.07, 6.45) is 12.3. The molecule has 0 heterocycles. The second-order valence-electron chi connectivity index (χ2n) is 4.25. The van der Waals surface area contributed by atoms with Crippen molar-refractivity contribution in [2.24, 2.45) is 0 Å². The van der Waals surface area contributed by atoms with Crippen molar-refractivity contribution in [2.75, 3.05) is 0 Å². The van der Waals surface area contributed by atoms with Crippen molar-refractivity contribution in [3.63, 3.8) is 0 Å². The fraction of sp³-hybridized carbons (Fsp3) is 0.692. The summed E-state index contributed by atoms with van der Waals surface area (Å²) in [5, 5.41) is 27.6. The average molecular weight is 320 g/mol. The van der Waals surface area contributed by atoms with Gasteiger partial charge in [0.1, 0.15) is 12.2 Å². The summed E-state index contributed by atoms with van der Waals surface area (Å²) < 4.78 is 0. The number of rotatable bonds is 3. The molecule has 0 radical (unpaired) electrons. The molecule has 0 saturated carbocycles. The van der Waals surface area contributed by atoms with E-state index in [1.54, 1.807) is 0 Å². The van der Waals surface area contributed by atoms with E-state index in [0.717, 1.165) is 6.42 Å². The Hall–Kier alpha value is -0.681. The summed E-state index contributed by atoms with van der Waals surface area (Å²) in [6, 6.07) is -1.28. The first-order valence-electron chi connectivity index (χ1n) is 6.16. The zero-order valence-corrected chi connectivity index (χ0v) is 12.2. The van der Waals surface area contributed by atoms with Crippen molar-refractivity contribution in [2.45, 2.75) is 57.8 Å². The van der Waals surface area contributed by atoms with E-state index in [4.69, 9.17) is 10.2 Å². The van der Waals surface area contributed by atoms with Gasteiger partial charge in [-0.05, 0) is 20.3 Å². The van der Waals surface area contributed by atoms with Crippen LogP contribution in [0.1, 0.15) is 39.5 Å². The van der Waals surface area contributed by atoms with Crippen LogP contribution >= 0.6 is 0 Å². The molecule has 0 amide bonds. The van der Waals surface area contributed by atoms with Crippen LogP contribution in [-0.2, 0) is 17.1 Å². The number of hydrogen-bond donors (Lipinski definition) is 2. The third-order valence-corrected chi connectivity index (χ3v) is 2.48. The van der Waals surface area contributed by atoms with Crippen LogP contribution in [-0.4, -0.2) is 33.4 Å². The van der Waals surface area contributed by atoms with Crippen LogP contribution in [0.5, 0.6) is 0 Å². The van der Waals surface area contributed by atoms with Gasteiger partial charge in [-0.1, -0.05) is 25.0 Å². The molecule has 2 unspecified atom stereocenters. The zero-order chi connectivity index (χ0) is 14.0. The molecule has 1 aliphatic rings. The maximum atomic E-state index is 10.1. The number of nitrogens with zero attached hydrogens (tertiary/aromatic N) is 1. The Morgan fingerprint density at radius 1 is 1.16 bits per heavy atom.